The summed E-state index contributed by atoms with van der Waals surface area (Å²) in [5, 5.41) is 5.73. The van der Waals surface area contributed by atoms with E-state index < -0.39 is 0 Å². The Morgan fingerprint density at radius 3 is 2.28 bits per heavy atom. The van der Waals surface area contributed by atoms with Crippen LogP contribution >= 0.6 is 12.4 Å². The molecule has 1 aliphatic carbocycles. The molecule has 6 nitrogen and oxygen atoms in total. The minimum atomic E-state index is -0.347. The van der Waals surface area contributed by atoms with Crippen LogP contribution in [0.25, 0.3) is 0 Å². The molecule has 2 aliphatic rings. The van der Waals surface area contributed by atoms with Gasteiger partial charge in [-0.3, -0.25) is 9.59 Å². The lowest BCUT2D eigenvalue weighted by molar-refractivity contribution is -0.124. The number of carbonyl (C=O) groups excluding carboxylic acids is 2. The third kappa shape index (κ3) is 5.42. The van der Waals surface area contributed by atoms with Gasteiger partial charge in [-0.25, -0.2) is 0 Å². The van der Waals surface area contributed by atoms with E-state index in [0.717, 1.165) is 37.8 Å². The standard InChI is InChI=1S/C18H25N3O3.ClH/c19-15-4-1-3-12(15)11-17(22)20-13-6-8-14(9-7-13)21-18(23)16-5-2-10-24-16;/h6-9,12,15-16H,1-5,10-11,19H2,(H,20,22)(H,21,23);1H/t12-,15+,16?;/m0./s1. The molecule has 0 bridgehead atoms. The normalized spacial score (nSPS) is 25.2. The van der Waals surface area contributed by atoms with Gasteiger partial charge in [0.15, 0.2) is 0 Å². The summed E-state index contributed by atoms with van der Waals surface area (Å²) in [7, 11) is 0. The molecule has 3 rings (SSSR count). The first-order valence-electron chi connectivity index (χ1n) is 8.70. The SMILES string of the molecule is Cl.N[C@@H]1CCC[C@H]1CC(=O)Nc1ccc(NC(=O)C2CCCO2)cc1. The van der Waals surface area contributed by atoms with Gasteiger partial charge in [-0.2, -0.15) is 0 Å². The number of nitrogens with two attached hydrogens (primary N) is 1. The average Bonchev–Trinajstić information content (AvgIpc) is 3.22. The Morgan fingerprint density at radius 1 is 1.04 bits per heavy atom. The summed E-state index contributed by atoms with van der Waals surface area (Å²) in [5.41, 5.74) is 7.43. The Hall–Kier alpha value is -1.63. The lowest BCUT2D eigenvalue weighted by Crippen LogP contribution is -2.28. The Balaban J connectivity index is 0.00000225. The topological polar surface area (TPSA) is 93.5 Å². The minimum Gasteiger partial charge on any atom is -0.368 e. The van der Waals surface area contributed by atoms with Crippen molar-refractivity contribution in [3.05, 3.63) is 24.3 Å². The van der Waals surface area contributed by atoms with Crippen LogP contribution in [0.5, 0.6) is 0 Å². The molecule has 1 unspecified atom stereocenters. The third-order valence-electron chi connectivity index (χ3n) is 4.82. The molecule has 0 spiro atoms. The van der Waals surface area contributed by atoms with Gasteiger partial charge in [0.25, 0.3) is 5.91 Å². The fourth-order valence-corrected chi connectivity index (χ4v) is 3.41. The monoisotopic (exact) mass is 367 g/mol. The van der Waals surface area contributed by atoms with Crippen LogP contribution in [0.15, 0.2) is 24.3 Å². The number of rotatable bonds is 5. The third-order valence-corrected chi connectivity index (χ3v) is 4.82. The highest BCUT2D eigenvalue weighted by atomic mass is 35.5. The van der Waals surface area contributed by atoms with Gasteiger partial charge in [0.05, 0.1) is 0 Å². The second kappa shape index (κ2) is 9.17. The van der Waals surface area contributed by atoms with Gasteiger partial charge >= 0.3 is 0 Å². The van der Waals surface area contributed by atoms with Crippen molar-refractivity contribution in [1.29, 1.82) is 0 Å². The van der Waals surface area contributed by atoms with Crippen molar-refractivity contribution >= 4 is 35.6 Å². The Morgan fingerprint density at radius 2 is 1.72 bits per heavy atom. The number of nitrogens with one attached hydrogen (secondary N) is 2. The van der Waals surface area contributed by atoms with Crippen molar-refractivity contribution in [2.45, 2.75) is 50.7 Å². The zero-order valence-corrected chi connectivity index (χ0v) is 15.0. The van der Waals surface area contributed by atoms with Crippen molar-refractivity contribution < 1.29 is 14.3 Å². The molecule has 1 aliphatic heterocycles. The maximum Gasteiger partial charge on any atom is 0.253 e. The molecule has 0 radical (unpaired) electrons. The van der Waals surface area contributed by atoms with E-state index in [9.17, 15) is 9.59 Å². The molecule has 0 aromatic heterocycles. The molecule has 25 heavy (non-hydrogen) atoms. The summed E-state index contributed by atoms with van der Waals surface area (Å²) < 4.78 is 5.36. The van der Waals surface area contributed by atoms with E-state index in [0.29, 0.717) is 18.7 Å². The molecule has 3 atom stereocenters. The second-order valence-corrected chi connectivity index (χ2v) is 6.68. The molecule has 2 fully saturated rings. The van der Waals surface area contributed by atoms with E-state index in [2.05, 4.69) is 10.6 Å². The first-order chi connectivity index (χ1) is 11.6. The van der Waals surface area contributed by atoms with Crippen molar-refractivity contribution in [3.63, 3.8) is 0 Å². The van der Waals surface area contributed by atoms with Crippen LogP contribution in [-0.2, 0) is 14.3 Å². The lowest BCUT2D eigenvalue weighted by atomic mass is 10.00. The number of halogens is 1. The highest BCUT2D eigenvalue weighted by Gasteiger charge is 2.26. The van der Waals surface area contributed by atoms with Crippen LogP contribution in [0, 0.1) is 5.92 Å². The molecule has 1 saturated heterocycles. The van der Waals surface area contributed by atoms with E-state index in [1.807, 2.05) is 0 Å². The van der Waals surface area contributed by atoms with E-state index in [1.165, 1.54) is 0 Å². The smallest absolute Gasteiger partial charge is 0.253 e. The molecular formula is C18H26ClN3O3. The molecule has 1 heterocycles. The maximum atomic E-state index is 12.1. The largest absolute Gasteiger partial charge is 0.368 e. The predicted octanol–water partition coefficient (Wildman–Crippen LogP) is 2.68. The van der Waals surface area contributed by atoms with Crippen LogP contribution in [-0.4, -0.2) is 30.6 Å². The summed E-state index contributed by atoms with van der Waals surface area (Å²) in [6.45, 7) is 0.647. The first kappa shape index (κ1) is 19.7. The van der Waals surface area contributed by atoms with Gasteiger partial charge in [0.2, 0.25) is 5.91 Å². The van der Waals surface area contributed by atoms with Crippen molar-refractivity contribution in [2.24, 2.45) is 11.7 Å². The average molecular weight is 368 g/mol. The zero-order valence-electron chi connectivity index (χ0n) is 14.2. The van der Waals surface area contributed by atoms with Gasteiger partial charge in [0.1, 0.15) is 6.10 Å². The number of benzene rings is 1. The van der Waals surface area contributed by atoms with Crippen LogP contribution in [0.1, 0.15) is 38.5 Å². The Bertz CT molecular complexity index is 588. The van der Waals surface area contributed by atoms with Gasteiger partial charge in [-0.1, -0.05) is 6.42 Å². The Kier molecular flexibility index (Phi) is 7.23. The first-order valence-corrected chi connectivity index (χ1v) is 8.70. The summed E-state index contributed by atoms with van der Waals surface area (Å²) in [4.78, 5) is 24.1. The van der Waals surface area contributed by atoms with Crippen LogP contribution in [0.3, 0.4) is 0 Å². The number of hydrogen-bond acceptors (Lipinski definition) is 4. The fraction of sp³-hybridized carbons (Fsp3) is 0.556. The summed E-state index contributed by atoms with van der Waals surface area (Å²) in [5.74, 6) is 0.169. The van der Waals surface area contributed by atoms with Gasteiger partial charge in [-0.15, -0.1) is 12.4 Å². The van der Waals surface area contributed by atoms with Gasteiger partial charge in [0, 0.05) is 30.4 Å². The molecule has 138 valence electrons. The minimum absolute atomic E-state index is 0. The van der Waals surface area contributed by atoms with Crippen molar-refractivity contribution in [1.82, 2.24) is 0 Å². The van der Waals surface area contributed by atoms with Crippen molar-refractivity contribution in [3.8, 4) is 0 Å². The highest BCUT2D eigenvalue weighted by molar-refractivity contribution is 5.95. The number of hydrogen-bond donors (Lipinski definition) is 3. The quantitative estimate of drug-likeness (QED) is 0.745. The molecule has 2 amide bonds. The van der Waals surface area contributed by atoms with Crippen LogP contribution < -0.4 is 16.4 Å². The van der Waals surface area contributed by atoms with E-state index in [1.54, 1.807) is 24.3 Å². The zero-order chi connectivity index (χ0) is 16.9. The predicted molar refractivity (Wildman–Crippen MR) is 99.9 cm³/mol. The maximum absolute atomic E-state index is 12.1. The van der Waals surface area contributed by atoms with E-state index in [4.69, 9.17) is 10.5 Å². The summed E-state index contributed by atoms with van der Waals surface area (Å²) >= 11 is 0. The fourth-order valence-electron chi connectivity index (χ4n) is 3.41. The molecule has 1 aromatic rings. The van der Waals surface area contributed by atoms with Gasteiger partial charge in [-0.05, 0) is 55.9 Å². The van der Waals surface area contributed by atoms with Crippen LogP contribution in [0.4, 0.5) is 11.4 Å². The Labute approximate surface area is 154 Å². The molecule has 4 N–H and O–H groups in total. The van der Waals surface area contributed by atoms with E-state index in [-0.39, 0.29) is 42.3 Å². The summed E-state index contributed by atoms with van der Waals surface area (Å²) in [6, 6.07) is 7.29. The lowest BCUT2D eigenvalue weighted by Gasteiger charge is -2.15. The number of amides is 2. The second-order valence-electron chi connectivity index (χ2n) is 6.68. The molecule has 1 saturated carbocycles. The van der Waals surface area contributed by atoms with Crippen LogP contribution in [0.2, 0.25) is 0 Å². The molecular weight excluding hydrogens is 342 g/mol. The van der Waals surface area contributed by atoms with Crippen molar-refractivity contribution in [2.75, 3.05) is 17.2 Å². The number of anilines is 2. The van der Waals surface area contributed by atoms with E-state index >= 15 is 0 Å². The summed E-state index contributed by atoms with van der Waals surface area (Å²) in [6.07, 6.45) is 4.97. The number of carbonyl (C=O) groups is 2. The molecule has 1 aromatic carbocycles. The molecule has 7 heteroatoms. The number of ether oxygens (including phenoxy) is 1. The van der Waals surface area contributed by atoms with Gasteiger partial charge < -0.3 is 21.1 Å². The highest BCUT2D eigenvalue weighted by Crippen LogP contribution is 2.27.